The lowest BCUT2D eigenvalue weighted by atomic mass is 9.83. The molecule has 1 heterocycles. The number of amides is 2. The molecule has 0 aliphatic carbocycles. The highest BCUT2D eigenvalue weighted by Crippen LogP contribution is 2.27. The second-order valence-corrected chi connectivity index (χ2v) is 6.07. The molecule has 1 fully saturated rings. The molecule has 0 bridgehead atoms. The lowest BCUT2D eigenvalue weighted by molar-refractivity contribution is -0.154. The summed E-state index contributed by atoms with van der Waals surface area (Å²) in [6.07, 6.45) is 0.659. The monoisotopic (exact) mass is 240 g/mol. The molecule has 0 aromatic carbocycles. The van der Waals surface area contributed by atoms with Gasteiger partial charge >= 0.3 is 0 Å². The maximum absolute atomic E-state index is 12.4. The molecular formula is C13H24N2O2. The molecule has 1 N–H and O–H groups in total. The Morgan fingerprint density at radius 1 is 1.29 bits per heavy atom. The van der Waals surface area contributed by atoms with Gasteiger partial charge in [0.2, 0.25) is 11.8 Å². The average Bonchev–Trinajstić information content (AvgIpc) is 2.17. The van der Waals surface area contributed by atoms with Crippen LogP contribution >= 0.6 is 0 Å². The minimum atomic E-state index is -0.416. The molecule has 0 aromatic rings. The third-order valence-electron chi connectivity index (χ3n) is 3.24. The van der Waals surface area contributed by atoms with E-state index in [0.29, 0.717) is 6.42 Å². The van der Waals surface area contributed by atoms with Crippen molar-refractivity contribution < 1.29 is 9.59 Å². The molecule has 1 aliphatic heterocycles. The van der Waals surface area contributed by atoms with Crippen molar-refractivity contribution in [2.24, 2.45) is 5.41 Å². The van der Waals surface area contributed by atoms with E-state index in [0.717, 1.165) is 0 Å². The third-order valence-corrected chi connectivity index (χ3v) is 3.24. The molecule has 1 saturated heterocycles. The fraction of sp³-hybridized carbons (Fsp3) is 0.846. The lowest BCUT2D eigenvalue weighted by Gasteiger charge is -2.45. The van der Waals surface area contributed by atoms with Gasteiger partial charge in [-0.15, -0.1) is 0 Å². The summed E-state index contributed by atoms with van der Waals surface area (Å²) in [5.41, 5.74) is -0.251. The number of carbonyl (C=O) groups excluding carboxylic acids is 2. The Morgan fingerprint density at radius 3 is 2.18 bits per heavy atom. The predicted molar refractivity (Wildman–Crippen MR) is 67.4 cm³/mol. The van der Waals surface area contributed by atoms with Gasteiger partial charge in [0.1, 0.15) is 12.1 Å². The second kappa shape index (κ2) is 4.67. The summed E-state index contributed by atoms with van der Waals surface area (Å²) in [6.45, 7) is 11.8. The number of carbonyl (C=O) groups is 2. The standard InChI is InChI=1S/C13H24N2O2/c1-7-9-11(16)14-10(13(4,5)6)12(17)15(9)8(2)3/h8-10H,7H2,1-6H3,(H,14,16). The minimum Gasteiger partial charge on any atom is -0.342 e. The SMILES string of the molecule is CCC1C(=O)NC(C(C)(C)C)C(=O)N1C(C)C. The summed E-state index contributed by atoms with van der Waals surface area (Å²) in [6, 6.07) is -0.676. The molecule has 0 saturated carbocycles. The van der Waals surface area contributed by atoms with E-state index < -0.39 is 6.04 Å². The Morgan fingerprint density at radius 2 is 1.82 bits per heavy atom. The first-order chi connectivity index (χ1) is 7.70. The maximum atomic E-state index is 12.4. The molecule has 1 rings (SSSR count). The van der Waals surface area contributed by atoms with Gasteiger partial charge in [0.15, 0.2) is 0 Å². The first kappa shape index (κ1) is 14.0. The van der Waals surface area contributed by atoms with Crippen LogP contribution < -0.4 is 5.32 Å². The summed E-state index contributed by atoms with van der Waals surface area (Å²) in [5, 5.41) is 2.86. The largest absolute Gasteiger partial charge is 0.342 e. The van der Waals surface area contributed by atoms with Gasteiger partial charge in [-0.05, 0) is 25.7 Å². The topological polar surface area (TPSA) is 49.4 Å². The molecule has 2 amide bonds. The zero-order chi connectivity index (χ0) is 13.4. The Labute approximate surface area is 104 Å². The third kappa shape index (κ3) is 2.61. The first-order valence-electron chi connectivity index (χ1n) is 6.32. The molecule has 0 aromatic heterocycles. The second-order valence-electron chi connectivity index (χ2n) is 6.07. The van der Waals surface area contributed by atoms with Gasteiger partial charge in [0, 0.05) is 6.04 Å². The Hall–Kier alpha value is -1.06. The number of rotatable bonds is 2. The molecule has 0 radical (unpaired) electrons. The van der Waals surface area contributed by atoms with Gasteiger partial charge in [-0.1, -0.05) is 27.7 Å². The smallest absolute Gasteiger partial charge is 0.246 e. The van der Waals surface area contributed by atoms with Gasteiger partial charge < -0.3 is 10.2 Å². The van der Waals surface area contributed by atoms with Crippen LogP contribution in [0.25, 0.3) is 0 Å². The molecule has 17 heavy (non-hydrogen) atoms. The van der Waals surface area contributed by atoms with Gasteiger partial charge in [0.25, 0.3) is 0 Å². The van der Waals surface area contributed by atoms with Crippen molar-refractivity contribution in [3.8, 4) is 0 Å². The van der Waals surface area contributed by atoms with Crippen LogP contribution in [0.2, 0.25) is 0 Å². The normalized spacial score (nSPS) is 26.4. The highest BCUT2D eigenvalue weighted by Gasteiger charge is 2.45. The van der Waals surface area contributed by atoms with Crippen LogP contribution in [0.5, 0.6) is 0 Å². The van der Waals surface area contributed by atoms with Crippen LogP contribution in [0.4, 0.5) is 0 Å². The molecule has 2 atom stereocenters. The van der Waals surface area contributed by atoms with Crippen molar-refractivity contribution >= 4 is 11.8 Å². The number of nitrogens with zero attached hydrogens (tertiary/aromatic N) is 1. The summed E-state index contributed by atoms with van der Waals surface area (Å²) in [4.78, 5) is 26.2. The lowest BCUT2D eigenvalue weighted by Crippen LogP contribution is -2.67. The molecule has 2 unspecified atom stereocenters. The Balaban J connectivity index is 3.07. The number of hydrogen-bond donors (Lipinski definition) is 1. The van der Waals surface area contributed by atoms with Crippen LogP contribution in [-0.4, -0.2) is 34.8 Å². The molecule has 98 valence electrons. The molecule has 4 nitrogen and oxygen atoms in total. The van der Waals surface area contributed by atoms with E-state index in [1.807, 2.05) is 41.5 Å². The zero-order valence-corrected chi connectivity index (χ0v) is 11.7. The molecule has 0 spiro atoms. The average molecular weight is 240 g/mol. The fourth-order valence-electron chi connectivity index (χ4n) is 2.31. The molecule has 1 aliphatic rings. The maximum Gasteiger partial charge on any atom is 0.246 e. The van der Waals surface area contributed by atoms with Gasteiger partial charge in [-0.25, -0.2) is 0 Å². The van der Waals surface area contributed by atoms with Gasteiger partial charge in [-0.2, -0.15) is 0 Å². The minimum absolute atomic E-state index is 0.0271. The van der Waals surface area contributed by atoms with Crippen molar-refractivity contribution in [3.05, 3.63) is 0 Å². The summed E-state index contributed by atoms with van der Waals surface area (Å²) >= 11 is 0. The van der Waals surface area contributed by atoms with Crippen LogP contribution in [0.1, 0.15) is 48.0 Å². The number of hydrogen-bond acceptors (Lipinski definition) is 2. The number of nitrogens with one attached hydrogen (secondary N) is 1. The van der Waals surface area contributed by atoms with E-state index in [2.05, 4.69) is 5.32 Å². The quantitative estimate of drug-likeness (QED) is 0.796. The zero-order valence-electron chi connectivity index (χ0n) is 11.7. The van der Waals surface area contributed by atoms with Crippen molar-refractivity contribution in [1.82, 2.24) is 10.2 Å². The number of piperazine rings is 1. The first-order valence-corrected chi connectivity index (χ1v) is 6.32. The van der Waals surface area contributed by atoms with Crippen molar-refractivity contribution in [2.75, 3.05) is 0 Å². The summed E-state index contributed by atoms with van der Waals surface area (Å²) in [7, 11) is 0. The van der Waals surface area contributed by atoms with Crippen molar-refractivity contribution in [2.45, 2.75) is 66.1 Å². The Bertz CT molecular complexity index is 318. The van der Waals surface area contributed by atoms with E-state index in [-0.39, 0.29) is 29.3 Å². The highest BCUT2D eigenvalue weighted by atomic mass is 16.2. The van der Waals surface area contributed by atoms with Crippen molar-refractivity contribution in [3.63, 3.8) is 0 Å². The fourth-order valence-corrected chi connectivity index (χ4v) is 2.31. The van der Waals surface area contributed by atoms with E-state index in [9.17, 15) is 9.59 Å². The summed E-state index contributed by atoms with van der Waals surface area (Å²) in [5.74, 6) is 0.0136. The van der Waals surface area contributed by atoms with Crippen LogP contribution in [-0.2, 0) is 9.59 Å². The predicted octanol–water partition coefficient (Wildman–Crippen LogP) is 1.55. The molecule has 4 heteroatoms. The van der Waals surface area contributed by atoms with Crippen LogP contribution in [0.15, 0.2) is 0 Å². The van der Waals surface area contributed by atoms with Crippen LogP contribution in [0, 0.1) is 5.41 Å². The van der Waals surface area contributed by atoms with E-state index in [1.165, 1.54) is 0 Å². The van der Waals surface area contributed by atoms with Crippen molar-refractivity contribution in [1.29, 1.82) is 0 Å². The summed E-state index contributed by atoms with van der Waals surface area (Å²) < 4.78 is 0. The van der Waals surface area contributed by atoms with E-state index >= 15 is 0 Å². The Kier molecular flexibility index (Phi) is 3.84. The van der Waals surface area contributed by atoms with Gasteiger partial charge in [0.05, 0.1) is 0 Å². The van der Waals surface area contributed by atoms with E-state index in [1.54, 1.807) is 4.90 Å². The molecular weight excluding hydrogens is 216 g/mol. The van der Waals surface area contributed by atoms with E-state index in [4.69, 9.17) is 0 Å². The highest BCUT2D eigenvalue weighted by molar-refractivity contribution is 5.97. The van der Waals surface area contributed by atoms with Gasteiger partial charge in [-0.3, -0.25) is 9.59 Å². The van der Waals surface area contributed by atoms with Crippen LogP contribution in [0.3, 0.4) is 0 Å².